The minimum absolute atomic E-state index is 0.173. The van der Waals surface area contributed by atoms with E-state index in [-0.39, 0.29) is 6.04 Å². The zero-order valence-electron chi connectivity index (χ0n) is 14.0. The third-order valence-corrected chi connectivity index (χ3v) is 6.92. The smallest absolute Gasteiger partial charge is 0.410 e. The van der Waals surface area contributed by atoms with Gasteiger partial charge in [-0.3, -0.25) is 0 Å². The third-order valence-electron chi connectivity index (χ3n) is 3.68. The fourth-order valence-electron chi connectivity index (χ4n) is 2.48. The molecule has 1 saturated heterocycles. The summed E-state index contributed by atoms with van der Waals surface area (Å²) in [5.74, 6) is 0. The van der Waals surface area contributed by atoms with Gasteiger partial charge in [0, 0.05) is 26.2 Å². The van der Waals surface area contributed by atoms with Gasteiger partial charge in [0.15, 0.2) is 0 Å². The summed E-state index contributed by atoms with van der Waals surface area (Å²) in [6.45, 7) is 6.22. The lowest BCUT2D eigenvalue weighted by Gasteiger charge is -2.37. The summed E-state index contributed by atoms with van der Waals surface area (Å²) in [4.78, 5) is 13.7. The molecule has 23 heavy (non-hydrogen) atoms. The number of nitrogens with zero attached hydrogens (tertiary/aromatic N) is 2. The number of carbonyl (C=O) groups is 1. The Hall–Kier alpha value is -1.12. The number of ether oxygens (including phenoxy) is 1. The largest absolute Gasteiger partial charge is 0.444 e. The van der Waals surface area contributed by atoms with Gasteiger partial charge in [0.05, 0.1) is 0 Å². The highest BCUT2D eigenvalue weighted by Gasteiger charge is 2.34. The van der Waals surface area contributed by atoms with E-state index in [2.05, 4.69) is 0 Å². The van der Waals surface area contributed by atoms with Crippen molar-refractivity contribution in [1.29, 1.82) is 0 Å². The van der Waals surface area contributed by atoms with Gasteiger partial charge < -0.3 is 9.64 Å². The number of thiophene rings is 1. The Labute approximate surface area is 142 Å². The molecule has 0 aromatic carbocycles. The maximum atomic E-state index is 12.6. The highest BCUT2D eigenvalue weighted by molar-refractivity contribution is 7.91. The van der Waals surface area contributed by atoms with Crippen molar-refractivity contribution in [3.05, 3.63) is 17.5 Å². The fraction of sp³-hybridized carbons (Fsp3) is 0.667. The Morgan fingerprint density at radius 2 is 2.13 bits per heavy atom. The van der Waals surface area contributed by atoms with Gasteiger partial charge in [-0.05, 0) is 45.1 Å². The second-order valence-corrected chi connectivity index (χ2v) is 9.79. The van der Waals surface area contributed by atoms with Crippen molar-refractivity contribution in [2.45, 2.75) is 49.5 Å². The van der Waals surface area contributed by atoms with Crippen LogP contribution in [0.5, 0.6) is 0 Å². The van der Waals surface area contributed by atoms with Crippen LogP contribution in [0.4, 0.5) is 4.79 Å². The van der Waals surface area contributed by atoms with Crippen molar-refractivity contribution in [2.24, 2.45) is 0 Å². The first-order chi connectivity index (χ1) is 10.6. The lowest BCUT2D eigenvalue weighted by molar-refractivity contribution is 0.0173. The van der Waals surface area contributed by atoms with E-state index < -0.39 is 21.7 Å². The standard InChI is InChI=1S/C15H24N2O4S2/c1-15(2,3)21-14(18)16(4)12-7-5-9-17(11-12)23(19,20)13-8-6-10-22-13/h6,8,10,12H,5,7,9,11H2,1-4H3/t12-/m1/s1. The molecule has 0 N–H and O–H groups in total. The molecule has 2 heterocycles. The van der Waals surface area contributed by atoms with Crippen molar-refractivity contribution in [3.63, 3.8) is 0 Å². The molecule has 1 amide bonds. The molecule has 0 aliphatic carbocycles. The van der Waals surface area contributed by atoms with Gasteiger partial charge in [0.25, 0.3) is 10.0 Å². The number of carbonyl (C=O) groups excluding carboxylic acids is 1. The average Bonchev–Trinajstić information content (AvgIpc) is 2.99. The van der Waals surface area contributed by atoms with Crippen LogP contribution in [-0.2, 0) is 14.8 Å². The van der Waals surface area contributed by atoms with Gasteiger partial charge in [0.2, 0.25) is 0 Å². The SMILES string of the molecule is CN(C(=O)OC(C)(C)C)[C@@H]1CCCN(S(=O)(=O)c2cccs2)C1. The van der Waals surface area contributed by atoms with Crippen molar-refractivity contribution in [3.8, 4) is 0 Å². The predicted molar refractivity (Wildman–Crippen MR) is 90.1 cm³/mol. The van der Waals surface area contributed by atoms with Gasteiger partial charge in [-0.2, -0.15) is 4.31 Å². The summed E-state index contributed by atoms with van der Waals surface area (Å²) in [5.41, 5.74) is -0.567. The number of likely N-dealkylation sites (N-methyl/N-ethyl adjacent to an activating group) is 1. The zero-order chi connectivity index (χ0) is 17.3. The van der Waals surface area contributed by atoms with Gasteiger partial charge >= 0.3 is 6.09 Å². The number of piperidine rings is 1. The van der Waals surface area contributed by atoms with Crippen LogP contribution in [0.2, 0.25) is 0 Å². The summed E-state index contributed by atoms with van der Waals surface area (Å²) in [6, 6.07) is 3.17. The molecule has 130 valence electrons. The summed E-state index contributed by atoms with van der Waals surface area (Å²) in [7, 11) is -1.81. The Morgan fingerprint density at radius 3 is 2.70 bits per heavy atom. The molecule has 1 aliphatic heterocycles. The monoisotopic (exact) mass is 360 g/mol. The van der Waals surface area contributed by atoms with Crippen LogP contribution < -0.4 is 0 Å². The molecule has 0 unspecified atom stereocenters. The van der Waals surface area contributed by atoms with Crippen molar-refractivity contribution < 1.29 is 17.9 Å². The predicted octanol–water partition coefficient (Wildman–Crippen LogP) is 2.77. The summed E-state index contributed by atoms with van der Waals surface area (Å²) in [5, 5.41) is 1.75. The number of hydrogen-bond acceptors (Lipinski definition) is 5. The number of hydrogen-bond donors (Lipinski definition) is 0. The van der Waals surface area contributed by atoms with Crippen LogP contribution in [0.15, 0.2) is 21.7 Å². The van der Waals surface area contributed by atoms with E-state index in [1.54, 1.807) is 24.6 Å². The minimum atomic E-state index is -3.47. The Balaban J connectivity index is 2.08. The van der Waals surface area contributed by atoms with Crippen LogP contribution in [0.3, 0.4) is 0 Å². The highest BCUT2D eigenvalue weighted by atomic mass is 32.2. The lowest BCUT2D eigenvalue weighted by Crippen LogP contribution is -2.51. The van der Waals surface area contributed by atoms with Crippen molar-refractivity contribution >= 4 is 27.5 Å². The van der Waals surface area contributed by atoms with E-state index in [1.807, 2.05) is 20.8 Å². The van der Waals surface area contributed by atoms with Crippen LogP contribution >= 0.6 is 11.3 Å². The third kappa shape index (κ3) is 4.45. The molecule has 2 rings (SSSR count). The molecule has 0 radical (unpaired) electrons. The van der Waals surface area contributed by atoms with E-state index in [0.29, 0.717) is 17.3 Å². The molecule has 1 atom stereocenters. The van der Waals surface area contributed by atoms with E-state index in [9.17, 15) is 13.2 Å². The Bertz CT molecular complexity index is 635. The van der Waals surface area contributed by atoms with Gasteiger partial charge in [0.1, 0.15) is 9.81 Å². The van der Waals surface area contributed by atoms with E-state index in [0.717, 1.165) is 12.8 Å². The number of sulfonamides is 1. The number of rotatable bonds is 3. The van der Waals surface area contributed by atoms with Crippen molar-refractivity contribution in [1.82, 2.24) is 9.21 Å². The molecule has 1 aromatic heterocycles. The molecule has 0 spiro atoms. The van der Waals surface area contributed by atoms with E-state index in [1.165, 1.54) is 20.5 Å². The second kappa shape index (κ2) is 6.78. The van der Waals surface area contributed by atoms with Crippen LogP contribution in [-0.4, -0.2) is 55.5 Å². The molecule has 0 bridgehead atoms. The summed E-state index contributed by atoms with van der Waals surface area (Å²) in [6.07, 6.45) is 1.08. The fourth-order valence-corrected chi connectivity index (χ4v) is 5.14. The van der Waals surface area contributed by atoms with Gasteiger partial charge in [-0.15, -0.1) is 11.3 Å². The molecule has 8 heteroatoms. The zero-order valence-corrected chi connectivity index (χ0v) is 15.6. The quantitative estimate of drug-likeness (QED) is 0.831. The van der Waals surface area contributed by atoms with Crippen LogP contribution in [0.1, 0.15) is 33.6 Å². The Morgan fingerprint density at radius 1 is 1.43 bits per heavy atom. The number of amides is 1. The molecule has 1 aromatic rings. The van der Waals surface area contributed by atoms with Crippen molar-refractivity contribution in [2.75, 3.05) is 20.1 Å². The summed E-state index contributed by atoms with van der Waals surface area (Å²) >= 11 is 1.21. The van der Waals surface area contributed by atoms with Gasteiger partial charge in [-0.25, -0.2) is 13.2 Å². The summed E-state index contributed by atoms with van der Waals surface area (Å²) < 4.78 is 32.4. The van der Waals surface area contributed by atoms with E-state index >= 15 is 0 Å². The lowest BCUT2D eigenvalue weighted by atomic mass is 10.1. The topological polar surface area (TPSA) is 66.9 Å². The first-order valence-electron chi connectivity index (χ1n) is 7.61. The van der Waals surface area contributed by atoms with Crippen LogP contribution in [0, 0.1) is 0 Å². The molecule has 6 nitrogen and oxygen atoms in total. The maximum Gasteiger partial charge on any atom is 0.410 e. The van der Waals surface area contributed by atoms with Crippen LogP contribution in [0.25, 0.3) is 0 Å². The Kier molecular flexibility index (Phi) is 5.37. The highest BCUT2D eigenvalue weighted by Crippen LogP contribution is 2.26. The molecular formula is C15H24N2O4S2. The minimum Gasteiger partial charge on any atom is -0.444 e. The second-order valence-electron chi connectivity index (χ2n) is 6.68. The molecular weight excluding hydrogens is 336 g/mol. The van der Waals surface area contributed by atoms with Gasteiger partial charge in [-0.1, -0.05) is 6.07 Å². The molecule has 1 fully saturated rings. The first-order valence-corrected chi connectivity index (χ1v) is 9.93. The average molecular weight is 361 g/mol. The van der Waals surface area contributed by atoms with E-state index in [4.69, 9.17) is 4.74 Å². The molecule has 0 saturated carbocycles. The first kappa shape index (κ1) is 18.2. The molecule has 1 aliphatic rings. The normalized spacial score (nSPS) is 20.3. The maximum absolute atomic E-state index is 12.6.